The third-order valence-electron chi connectivity index (χ3n) is 3.81. The highest BCUT2D eigenvalue weighted by Gasteiger charge is 2.25. The lowest BCUT2D eigenvalue weighted by Crippen LogP contribution is -2.29. The predicted molar refractivity (Wildman–Crippen MR) is 76.3 cm³/mol. The molecular formula is C15H21ClFNO. The van der Waals surface area contributed by atoms with Crippen LogP contribution in [0, 0.1) is 5.82 Å². The van der Waals surface area contributed by atoms with Crippen molar-refractivity contribution < 1.29 is 9.13 Å². The van der Waals surface area contributed by atoms with Crippen LogP contribution in [0.15, 0.2) is 18.2 Å². The highest BCUT2D eigenvalue weighted by Crippen LogP contribution is 2.27. The van der Waals surface area contributed by atoms with E-state index in [1.54, 1.807) is 6.07 Å². The van der Waals surface area contributed by atoms with Crippen LogP contribution in [-0.4, -0.2) is 30.5 Å². The Balaban J connectivity index is 2.03. The molecule has 0 aromatic heterocycles. The number of ether oxygens (including phenoxy) is 1. The molecule has 2 nitrogen and oxygen atoms in total. The van der Waals surface area contributed by atoms with Crippen molar-refractivity contribution in [3.05, 3.63) is 29.6 Å². The number of nitrogens with zero attached hydrogens (tertiary/aromatic N) is 1. The number of rotatable bonds is 6. The summed E-state index contributed by atoms with van der Waals surface area (Å²) in [7, 11) is 1.50. The van der Waals surface area contributed by atoms with E-state index in [1.165, 1.54) is 20.0 Å². The Morgan fingerprint density at radius 1 is 1.47 bits per heavy atom. The quantitative estimate of drug-likeness (QED) is 0.737. The first-order valence-corrected chi connectivity index (χ1v) is 7.41. The van der Waals surface area contributed by atoms with Gasteiger partial charge >= 0.3 is 0 Å². The largest absolute Gasteiger partial charge is 0.494 e. The third-order valence-corrected chi connectivity index (χ3v) is 4.07. The van der Waals surface area contributed by atoms with Crippen LogP contribution >= 0.6 is 11.6 Å². The molecule has 4 heteroatoms. The van der Waals surface area contributed by atoms with E-state index in [-0.39, 0.29) is 5.82 Å². The molecule has 0 N–H and O–H groups in total. The van der Waals surface area contributed by atoms with E-state index in [9.17, 15) is 4.39 Å². The van der Waals surface area contributed by atoms with Gasteiger partial charge in [-0.25, -0.2) is 4.39 Å². The van der Waals surface area contributed by atoms with Gasteiger partial charge in [-0.3, -0.25) is 4.90 Å². The Morgan fingerprint density at radius 3 is 3.05 bits per heavy atom. The minimum absolute atomic E-state index is 0.229. The lowest BCUT2D eigenvalue weighted by molar-refractivity contribution is 0.230. The molecule has 1 unspecified atom stereocenters. The molecule has 1 saturated heterocycles. The molecule has 2 rings (SSSR count). The fourth-order valence-electron chi connectivity index (χ4n) is 2.80. The lowest BCUT2D eigenvalue weighted by atomic mass is 10.1. The molecule has 1 aliphatic rings. The zero-order valence-corrected chi connectivity index (χ0v) is 12.1. The molecular weight excluding hydrogens is 265 g/mol. The van der Waals surface area contributed by atoms with Crippen LogP contribution in [0.25, 0.3) is 0 Å². The average molecular weight is 286 g/mol. The van der Waals surface area contributed by atoms with Gasteiger partial charge in [0.2, 0.25) is 0 Å². The summed E-state index contributed by atoms with van der Waals surface area (Å²) < 4.78 is 19.2. The summed E-state index contributed by atoms with van der Waals surface area (Å²) in [5.74, 6) is 0.805. The van der Waals surface area contributed by atoms with Crippen LogP contribution < -0.4 is 4.74 Å². The summed E-state index contributed by atoms with van der Waals surface area (Å²) in [4.78, 5) is 2.37. The first-order chi connectivity index (χ1) is 9.26. The van der Waals surface area contributed by atoms with Crippen LogP contribution in [0.4, 0.5) is 4.39 Å². The predicted octanol–water partition coefficient (Wildman–Crippen LogP) is 3.82. The van der Waals surface area contributed by atoms with Gasteiger partial charge in [-0.1, -0.05) is 12.1 Å². The van der Waals surface area contributed by atoms with Gasteiger partial charge in [0.05, 0.1) is 7.11 Å². The van der Waals surface area contributed by atoms with Gasteiger partial charge in [-0.2, -0.15) is 0 Å². The molecule has 0 spiro atoms. The topological polar surface area (TPSA) is 12.5 Å². The Hall–Kier alpha value is -0.800. The molecule has 1 aromatic carbocycles. The number of benzene rings is 1. The first kappa shape index (κ1) is 14.6. The smallest absolute Gasteiger partial charge is 0.169 e. The zero-order valence-electron chi connectivity index (χ0n) is 11.4. The lowest BCUT2D eigenvalue weighted by Gasteiger charge is -2.24. The maximum absolute atomic E-state index is 14.1. The summed E-state index contributed by atoms with van der Waals surface area (Å²) in [6, 6.07) is 5.90. The van der Waals surface area contributed by atoms with Crippen molar-refractivity contribution in [1.29, 1.82) is 0 Å². The van der Waals surface area contributed by atoms with Gasteiger partial charge in [0.25, 0.3) is 0 Å². The van der Waals surface area contributed by atoms with E-state index in [0.29, 0.717) is 24.2 Å². The average Bonchev–Trinajstić information content (AvgIpc) is 2.86. The summed E-state index contributed by atoms with van der Waals surface area (Å²) in [6.45, 7) is 1.71. The molecule has 1 aliphatic heterocycles. The summed E-state index contributed by atoms with van der Waals surface area (Å²) in [6.07, 6.45) is 4.53. The molecule has 1 heterocycles. The summed E-state index contributed by atoms with van der Waals surface area (Å²) in [5, 5.41) is 0. The summed E-state index contributed by atoms with van der Waals surface area (Å²) in [5.41, 5.74) is 0.720. The van der Waals surface area contributed by atoms with Crippen molar-refractivity contribution in [2.75, 3.05) is 19.5 Å². The normalized spacial score (nSPS) is 19.8. The molecule has 1 aromatic rings. The van der Waals surface area contributed by atoms with E-state index < -0.39 is 0 Å². The van der Waals surface area contributed by atoms with Crippen molar-refractivity contribution >= 4 is 11.6 Å². The van der Waals surface area contributed by atoms with Crippen LogP contribution in [0.5, 0.6) is 5.75 Å². The van der Waals surface area contributed by atoms with E-state index in [4.69, 9.17) is 16.3 Å². The van der Waals surface area contributed by atoms with Crippen molar-refractivity contribution in [3.8, 4) is 5.75 Å². The molecule has 106 valence electrons. The summed E-state index contributed by atoms with van der Waals surface area (Å²) >= 11 is 5.76. The minimum atomic E-state index is -0.229. The van der Waals surface area contributed by atoms with Gasteiger partial charge in [0, 0.05) is 24.0 Å². The van der Waals surface area contributed by atoms with Crippen molar-refractivity contribution in [2.45, 2.75) is 38.3 Å². The molecule has 1 atom stereocenters. The number of methoxy groups -OCH3 is 1. The van der Waals surface area contributed by atoms with Crippen LogP contribution in [-0.2, 0) is 6.54 Å². The van der Waals surface area contributed by atoms with Crippen molar-refractivity contribution in [1.82, 2.24) is 4.90 Å². The number of alkyl halides is 1. The number of likely N-dealkylation sites (tertiary alicyclic amines) is 1. The van der Waals surface area contributed by atoms with E-state index >= 15 is 0 Å². The zero-order chi connectivity index (χ0) is 13.7. The molecule has 1 fully saturated rings. The van der Waals surface area contributed by atoms with Crippen molar-refractivity contribution in [3.63, 3.8) is 0 Å². The van der Waals surface area contributed by atoms with E-state index in [1.807, 2.05) is 12.1 Å². The first-order valence-electron chi connectivity index (χ1n) is 6.87. The molecule has 0 amide bonds. The van der Waals surface area contributed by atoms with Gasteiger partial charge < -0.3 is 4.74 Å². The van der Waals surface area contributed by atoms with E-state index in [0.717, 1.165) is 24.9 Å². The second-order valence-electron chi connectivity index (χ2n) is 5.03. The molecule has 0 radical (unpaired) electrons. The molecule has 0 saturated carbocycles. The van der Waals surface area contributed by atoms with Crippen LogP contribution in [0.1, 0.15) is 31.2 Å². The fourth-order valence-corrected chi connectivity index (χ4v) is 2.95. The Morgan fingerprint density at radius 2 is 2.32 bits per heavy atom. The number of hydrogen-bond acceptors (Lipinski definition) is 2. The Bertz CT molecular complexity index is 413. The van der Waals surface area contributed by atoms with Crippen LogP contribution in [0.2, 0.25) is 0 Å². The fraction of sp³-hybridized carbons (Fsp3) is 0.600. The van der Waals surface area contributed by atoms with Crippen LogP contribution in [0.3, 0.4) is 0 Å². The molecule has 0 bridgehead atoms. The van der Waals surface area contributed by atoms with Gasteiger partial charge in [0.1, 0.15) is 0 Å². The second kappa shape index (κ2) is 7.11. The maximum atomic E-state index is 14.1. The molecule has 0 aliphatic carbocycles. The Labute approximate surface area is 119 Å². The monoisotopic (exact) mass is 285 g/mol. The SMILES string of the molecule is COc1cccc(CN2CCCC2CCCCl)c1F. The highest BCUT2D eigenvalue weighted by atomic mass is 35.5. The Kier molecular flexibility index (Phi) is 5.46. The number of halogens is 2. The standard InChI is InChI=1S/C15H21ClFNO/c1-19-14-8-2-5-12(15(14)17)11-18-10-4-7-13(18)6-3-9-16/h2,5,8,13H,3-4,6-7,9-11H2,1H3. The minimum Gasteiger partial charge on any atom is -0.494 e. The van der Waals surface area contributed by atoms with E-state index in [2.05, 4.69) is 4.90 Å². The third kappa shape index (κ3) is 3.61. The van der Waals surface area contributed by atoms with Gasteiger partial charge in [-0.05, 0) is 38.3 Å². The second-order valence-corrected chi connectivity index (χ2v) is 5.41. The van der Waals surface area contributed by atoms with Gasteiger partial charge in [0.15, 0.2) is 11.6 Å². The highest BCUT2D eigenvalue weighted by molar-refractivity contribution is 6.17. The van der Waals surface area contributed by atoms with Crippen molar-refractivity contribution in [2.24, 2.45) is 0 Å². The molecule has 19 heavy (non-hydrogen) atoms. The number of hydrogen-bond donors (Lipinski definition) is 0. The van der Waals surface area contributed by atoms with Gasteiger partial charge in [-0.15, -0.1) is 11.6 Å². The maximum Gasteiger partial charge on any atom is 0.169 e.